The molecule has 1 saturated carbocycles. The number of benzene rings is 1. The Bertz CT molecular complexity index is 658. The minimum Gasteiger partial charge on any atom is -0.464 e. The van der Waals surface area contributed by atoms with Crippen molar-refractivity contribution in [3.05, 3.63) is 35.1 Å². The van der Waals surface area contributed by atoms with Crippen molar-refractivity contribution in [3.63, 3.8) is 0 Å². The van der Waals surface area contributed by atoms with Gasteiger partial charge in [-0.2, -0.15) is 0 Å². The molecule has 1 amide bonds. The number of amides is 1. The first-order valence-electron chi connectivity index (χ1n) is 8.92. The summed E-state index contributed by atoms with van der Waals surface area (Å²) in [5, 5.41) is 2.47. The zero-order valence-electron chi connectivity index (χ0n) is 15.0. The van der Waals surface area contributed by atoms with Crippen molar-refractivity contribution in [2.45, 2.75) is 52.0 Å². The monoisotopic (exact) mass is 371 g/mol. The van der Waals surface area contributed by atoms with E-state index in [0.29, 0.717) is 6.07 Å². The van der Waals surface area contributed by atoms with Crippen LogP contribution in [0.3, 0.4) is 0 Å². The molecule has 1 aromatic rings. The Labute approximate surface area is 151 Å². The third-order valence-electron chi connectivity index (χ3n) is 4.50. The number of carbonyl (C=O) groups excluding carboxylic acids is 2. The van der Waals surface area contributed by atoms with Gasteiger partial charge in [-0.05, 0) is 36.8 Å². The maximum atomic E-state index is 13.9. The van der Waals surface area contributed by atoms with Crippen LogP contribution in [-0.4, -0.2) is 24.5 Å². The van der Waals surface area contributed by atoms with Crippen molar-refractivity contribution in [1.82, 2.24) is 5.32 Å². The maximum Gasteiger partial charge on any atom is 0.328 e. The molecule has 2 rings (SSSR count). The van der Waals surface area contributed by atoms with Crippen LogP contribution in [0.1, 0.15) is 56.3 Å². The first kappa shape index (κ1) is 20.3. The van der Waals surface area contributed by atoms with Gasteiger partial charge in [-0.1, -0.05) is 33.1 Å². The number of nitrogens with one attached hydrogen (secondary N) is 1. The van der Waals surface area contributed by atoms with Crippen molar-refractivity contribution in [1.29, 1.82) is 0 Å². The summed E-state index contributed by atoms with van der Waals surface area (Å²) in [6.45, 7) is 3.98. The molecular weight excluding hydrogens is 347 g/mol. The quantitative estimate of drug-likeness (QED) is 0.608. The number of esters is 1. The second kappa shape index (κ2) is 9.05. The molecule has 144 valence electrons. The van der Waals surface area contributed by atoms with E-state index in [0.717, 1.165) is 38.2 Å². The van der Waals surface area contributed by atoms with Crippen LogP contribution in [0.2, 0.25) is 0 Å². The van der Waals surface area contributed by atoms with E-state index in [4.69, 9.17) is 4.74 Å². The van der Waals surface area contributed by atoms with Crippen molar-refractivity contribution in [2.24, 2.45) is 11.8 Å². The first-order chi connectivity index (χ1) is 12.3. The predicted molar refractivity (Wildman–Crippen MR) is 89.9 cm³/mol. The van der Waals surface area contributed by atoms with Gasteiger partial charge in [0.15, 0.2) is 17.5 Å². The third-order valence-corrected chi connectivity index (χ3v) is 4.50. The molecule has 0 heterocycles. The zero-order chi connectivity index (χ0) is 19.3. The van der Waals surface area contributed by atoms with Gasteiger partial charge in [-0.15, -0.1) is 0 Å². The van der Waals surface area contributed by atoms with Crippen LogP contribution in [0.15, 0.2) is 12.1 Å². The molecule has 0 aliphatic heterocycles. The highest BCUT2D eigenvalue weighted by Gasteiger charge is 2.33. The standard InChI is InChI=1S/C19H24F3NO3/c1-11(2)10-26-19(25)17(12-6-4-3-5-7-12)23-18(24)13-8-9-14(20)16(22)15(13)21/h8-9,11-12,17H,3-7,10H2,1-2H3,(H,23,24). The van der Waals surface area contributed by atoms with E-state index in [1.165, 1.54) is 0 Å². The molecule has 26 heavy (non-hydrogen) atoms. The lowest BCUT2D eigenvalue weighted by Gasteiger charge is -2.29. The number of hydrogen-bond donors (Lipinski definition) is 1. The van der Waals surface area contributed by atoms with E-state index >= 15 is 0 Å². The van der Waals surface area contributed by atoms with Gasteiger partial charge >= 0.3 is 5.97 Å². The normalized spacial score (nSPS) is 16.4. The van der Waals surface area contributed by atoms with Crippen LogP contribution < -0.4 is 5.32 Å². The van der Waals surface area contributed by atoms with Gasteiger partial charge in [-0.3, -0.25) is 4.79 Å². The Morgan fingerprint density at radius 1 is 1.12 bits per heavy atom. The molecule has 1 unspecified atom stereocenters. The molecule has 0 spiro atoms. The summed E-state index contributed by atoms with van der Waals surface area (Å²) in [5.41, 5.74) is -0.638. The Kier molecular flexibility index (Phi) is 7.06. The lowest BCUT2D eigenvalue weighted by Crippen LogP contribution is -2.48. The van der Waals surface area contributed by atoms with Crippen LogP contribution >= 0.6 is 0 Å². The minimum absolute atomic E-state index is 0.124. The Balaban J connectivity index is 2.18. The van der Waals surface area contributed by atoms with Crippen molar-refractivity contribution in [3.8, 4) is 0 Å². The van der Waals surface area contributed by atoms with Crippen LogP contribution in [0.5, 0.6) is 0 Å². The summed E-state index contributed by atoms with van der Waals surface area (Å²) in [6.07, 6.45) is 4.38. The number of rotatable bonds is 6. The summed E-state index contributed by atoms with van der Waals surface area (Å²) in [7, 11) is 0. The van der Waals surface area contributed by atoms with Crippen molar-refractivity contribution in [2.75, 3.05) is 6.61 Å². The molecule has 4 nitrogen and oxygen atoms in total. The molecule has 0 aromatic heterocycles. The average molecular weight is 371 g/mol. The molecule has 1 aliphatic rings. The fourth-order valence-corrected chi connectivity index (χ4v) is 3.10. The Hall–Kier alpha value is -2.05. The topological polar surface area (TPSA) is 55.4 Å². The lowest BCUT2D eigenvalue weighted by molar-refractivity contribution is -0.148. The molecule has 1 N–H and O–H groups in total. The van der Waals surface area contributed by atoms with Gasteiger partial charge < -0.3 is 10.1 Å². The SMILES string of the molecule is CC(C)COC(=O)C(NC(=O)c1ccc(F)c(F)c1F)C1CCCCC1. The van der Waals surface area contributed by atoms with Crippen molar-refractivity contribution < 1.29 is 27.5 Å². The largest absolute Gasteiger partial charge is 0.464 e. The smallest absolute Gasteiger partial charge is 0.328 e. The van der Waals surface area contributed by atoms with E-state index in [9.17, 15) is 22.8 Å². The first-order valence-corrected chi connectivity index (χ1v) is 8.92. The van der Waals surface area contributed by atoms with Gasteiger partial charge in [0.05, 0.1) is 12.2 Å². The van der Waals surface area contributed by atoms with Gasteiger partial charge in [0.2, 0.25) is 0 Å². The predicted octanol–water partition coefficient (Wildman–Crippen LogP) is 3.98. The zero-order valence-corrected chi connectivity index (χ0v) is 15.0. The summed E-state index contributed by atoms with van der Waals surface area (Å²) in [4.78, 5) is 24.8. The molecule has 1 aliphatic carbocycles. The van der Waals surface area contributed by atoms with Gasteiger partial charge in [0.25, 0.3) is 5.91 Å². The summed E-state index contributed by atoms with van der Waals surface area (Å²) in [6, 6.07) is 0.606. The highest BCUT2D eigenvalue weighted by Crippen LogP contribution is 2.27. The highest BCUT2D eigenvalue weighted by molar-refractivity contribution is 5.97. The summed E-state index contributed by atoms with van der Waals surface area (Å²) >= 11 is 0. The number of carbonyl (C=O) groups is 2. The average Bonchev–Trinajstić information content (AvgIpc) is 2.62. The molecule has 0 saturated heterocycles. The van der Waals surface area contributed by atoms with Crippen LogP contribution in [0.4, 0.5) is 13.2 Å². The van der Waals surface area contributed by atoms with Crippen LogP contribution in [0, 0.1) is 29.3 Å². The highest BCUT2D eigenvalue weighted by atomic mass is 19.2. The van der Waals surface area contributed by atoms with E-state index in [-0.39, 0.29) is 18.4 Å². The van der Waals surface area contributed by atoms with E-state index < -0.39 is 40.9 Å². The second-order valence-electron chi connectivity index (χ2n) is 7.10. The molecule has 1 aromatic carbocycles. The molecule has 7 heteroatoms. The Morgan fingerprint density at radius 3 is 2.38 bits per heavy atom. The third kappa shape index (κ3) is 4.99. The summed E-state index contributed by atoms with van der Waals surface area (Å²) < 4.78 is 45.6. The van der Waals surface area contributed by atoms with E-state index in [2.05, 4.69) is 5.32 Å². The molecule has 1 fully saturated rings. The lowest BCUT2D eigenvalue weighted by atomic mass is 9.83. The number of ether oxygens (including phenoxy) is 1. The van der Waals surface area contributed by atoms with Crippen molar-refractivity contribution >= 4 is 11.9 Å². The van der Waals surface area contributed by atoms with Crippen LogP contribution in [0.25, 0.3) is 0 Å². The van der Waals surface area contributed by atoms with E-state index in [1.54, 1.807) is 0 Å². The van der Waals surface area contributed by atoms with Gasteiger partial charge in [0.1, 0.15) is 6.04 Å². The van der Waals surface area contributed by atoms with Crippen LogP contribution in [-0.2, 0) is 9.53 Å². The molecular formula is C19H24F3NO3. The fraction of sp³-hybridized carbons (Fsp3) is 0.579. The Morgan fingerprint density at radius 2 is 1.77 bits per heavy atom. The number of halogens is 3. The van der Waals surface area contributed by atoms with Gasteiger partial charge in [-0.25, -0.2) is 18.0 Å². The minimum atomic E-state index is -1.71. The molecule has 0 radical (unpaired) electrons. The molecule has 1 atom stereocenters. The maximum absolute atomic E-state index is 13.9. The van der Waals surface area contributed by atoms with E-state index in [1.807, 2.05) is 13.8 Å². The number of hydrogen-bond acceptors (Lipinski definition) is 3. The molecule has 0 bridgehead atoms. The van der Waals surface area contributed by atoms with Gasteiger partial charge in [0, 0.05) is 0 Å². The second-order valence-corrected chi connectivity index (χ2v) is 7.10. The summed E-state index contributed by atoms with van der Waals surface area (Å²) in [5.74, 6) is -6.19. The fourth-order valence-electron chi connectivity index (χ4n) is 3.10.